The smallest absolute Gasteiger partial charge is 0.253 e. The average Bonchev–Trinajstić information content (AvgIpc) is 2.80. The minimum Gasteiger partial charge on any atom is -0.360 e. The number of allylic oxidation sites excluding steroid dienone is 1. The SMILES string of the molecule is CN1CCN(C(=O)c2ccc(N/C=C(/CC=O)N=N)cc2)CCC1=O. The molecule has 2 rings (SSSR count). The fraction of sp³-hybridized carbons (Fsp3) is 0.353. The van der Waals surface area contributed by atoms with E-state index < -0.39 is 0 Å². The summed E-state index contributed by atoms with van der Waals surface area (Å²) in [7, 11) is 1.74. The summed E-state index contributed by atoms with van der Waals surface area (Å²) in [6, 6.07) is 6.88. The average molecular weight is 343 g/mol. The highest BCUT2D eigenvalue weighted by molar-refractivity contribution is 5.95. The zero-order valence-electron chi connectivity index (χ0n) is 14.1. The van der Waals surface area contributed by atoms with Gasteiger partial charge < -0.3 is 19.9 Å². The lowest BCUT2D eigenvalue weighted by molar-refractivity contribution is -0.129. The summed E-state index contributed by atoms with van der Waals surface area (Å²) >= 11 is 0. The third-order valence-corrected chi connectivity index (χ3v) is 3.99. The van der Waals surface area contributed by atoms with Gasteiger partial charge in [0.25, 0.3) is 5.91 Å². The van der Waals surface area contributed by atoms with E-state index in [2.05, 4.69) is 10.4 Å². The number of nitrogens with zero attached hydrogens (tertiary/aromatic N) is 3. The fourth-order valence-electron chi connectivity index (χ4n) is 2.41. The zero-order valence-corrected chi connectivity index (χ0v) is 14.1. The van der Waals surface area contributed by atoms with Crippen molar-refractivity contribution in [3.05, 3.63) is 41.7 Å². The second-order valence-corrected chi connectivity index (χ2v) is 5.70. The number of rotatable bonds is 6. The molecule has 0 aromatic heterocycles. The molecule has 2 amide bonds. The van der Waals surface area contributed by atoms with Crippen LogP contribution in [0.25, 0.3) is 0 Å². The Labute approximate surface area is 146 Å². The van der Waals surface area contributed by atoms with Crippen LogP contribution in [0, 0.1) is 5.53 Å². The van der Waals surface area contributed by atoms with Gasteiger partial charge in [-0.05, 0) is 24.3 Å². The molecule has 8 nitrogen and oxygen atoms in total. The number of hydrogen-bond donors (Lipinski definition) is 2. The Morgan fingerprint density at radius 1 is 1.28 bits per heavy atom. The Hall–Kier alpha value is -3.03. The molecule has 132 valence electrons. The molecule has 1 heterocycles. The lowest BCUT2D eigenvalue weighted by Crippen LogP contribution is -2.34. The molecule has 0 bridgehead atoms. The highest BCUT2D eigenvalue weighted by atomic mass is 16.2. The van der Waals surface area contributed by atoms with Crippen molar-refractivity contribution in [3.8, 4) is 0 Å². The van der Waals surface area contributed by atoms with E-state index in [-0.39, 0.29) is 18.2 Å². The van der Waals surface area contributed by atoms with Crippen molar-refractivity contribution >= 4 is 23.8 Å². The maximum absolute atomic E-state index is 12.6. The van der Waals surface area contributed by atoms with Gasteiger partial charge in [-0.15, -0.1) is 0 Å². The molecule has 1 aliphatic rings. The lowest BCUT2D eigenvalue weighted by atomic mass is 10.1. The molecule has 0 atom stereocenters. The Balaban J connectivity index is 2.01. The number of carbonyl (C=O) groups is 3. The first-order valence-electron chi connectivity index (χ1n) is 7.95. The van der Waals surface area contributed by atoms with Crippen molar-refractivity contribution in [3.63, 3.8) is 0 Å². The van der Waals surface area contributed by atoms with Crippen LogP contribution in [0.15, 0.2) is 41.3 Å². The van der Waals surface area contributed by atoms with Crippen LogP contribution in [0.4, 0.5) is 5.69 Å². The standard InChI is InChI=1S/C17H21N5O3/c1-21-9-10-22(8-6-16(21)24)17(25)13-2-4-14(5-3-13)19-12-15(20-18)7-11-23/h2-5,11-12,18-19H,6-10H2,1H3/b15-12-,20-18?. The Morgan fingerprint density at radius 2 is 2.00 bits per heavy atom. The molecule has 25 heavy (non-hydrogen) atoms. The number of benzene rings is 1. The number of nitrogens with one attached hydrogen (secondary N) is 2. The number of likely N-dealkylation sites (N-methyl/N-ethyl adjacent to an activating group) is 1. The van der Waals surface area contributed by atoms with Crippen molar-refractivity contribution in [2.24, 2.45) is 5.11 Å². The predicted molar refractivity (Wildman–Crippen MR) is 92.1 cm³/mol. The second-order valence-electron chi connectivity index (χ2n) is 5.70. The monoisotopic (exact) mass is 343 g/mol. The van der Waals surface area contributed by atoms with Crippen LogP contribution in [0.5, 0.6) is 0 Å². The van der Waals surface area contributed by atoms with Gasteiger partial charge in [-0.3, -0.25) is 9.59 Å². The topological polar surface area (TPSA) is 106 Å². The first kappa shape index (κ1) is 18.3. The molecule has 8 heteroatoms. The molecule has 0 radical (unpaired) electrons. The van der Waals surface area contributed by atoms with Gasteiger partial charge >= 0.3 is 0 Å². The minimum absolute atomic E-state index is 0.0487. The van der Waals surface area contributed by atoms with E-state index in [1.54, 1.807) is 41.1 Å². The third-order valence-electron chi connectivity index (χ3n) is 3.99. The summed E-state index contributed by atoms with van der Waals surface area (Å²) in [4.78, 5) is 38.0. The van der Waals surface area contributed by atoms with Crippen LogP contribution in [-0.4, -0.2) is 54.6 Å². The molecular weight excluding hydrogens is 322 g/mol. The van der Waals surface area contributed by atoms with Gasteiger partial charge in [0, 0.05) is 57.0 Å². The molecule has 1 aromatic rings. The first-order chi connectivity index (χ1) is 12.0. The highest BCUT2D eigenvalue weighted by Gasteiger charge is 2.22. The van der Waals surface area contributed by atoms with Crippen LogP contribution in [-0.2, 0) is 9.59 Å². The van der Waals surface area contributed by atoms with E-state index in [1.165, 1.54) is 6.20 Å². The molecule has 0 aliphatic carbocycles. The van der Waals surface area contributed by atoms with Crippen molar-refractivity contribution in [1.29, 1.82) is 5.53 Å². The van der Waals surface area contributed by atoms with E-state index in [1.807, 2.05) is 0 Å². The van der Waals surface area contributed by atoms with Crippen LogP contribution < -0.4 is 5.32 Å². The summed E-state index contributed by atoms with van der Waals surface area (Å²) in [6.45, 7) is 1.47. The number of carbonyl (C=O) groups excluding carboxylic acids is 3. The third kappa shape index (κ3) is 4.97. The summed E-state index contributed by atoms with van der Waals surface area (Å²) in [6.07, 6.45) is 2.56. The molecule has 1 aliphatic heterocycles. The summed E-state index contributed by atoms with van der Waals surface area (Å²) in [5.41, 5.74) is 8.54. The van der Waals surface area contributed by atoms with Gasteiger partial charge in [0.05, 0.1) is 5.70 Å². The molecule has 1 fully saturated rings. The molecule has 0 spiro atoms. The molecule has 0 unspecified atom stereocenters. The van der Waals surface area contributed by atoms with Crippen LogP contribution in [0.1, 0.15) is 23.2 Å². The Kier molecular flexibility index (Phi) is 6.39. The Bertz CT molecular complexity index is 684. The first-order valence-corrected chi connectivity index (χ1v) is 7.95. The Morgan fingerprint density at radius 3 is 2.64 bits per heavy atom. The molecule has 2 N–H and O–H groups in total. The van der Waals surface area contributed by atoms with Gasteiger partial charge in [0.2, 0.25) is 5.91 Å². The summed E-state index contributed by atoms with van der Waals surface area (Å²) in [5.74, 6) is -0.0550. The lowest BCUT2D eigenvalue weighted by Gasteiger charge is -2.20. The minimum atomic E-state index is -0.104. The van der Waals surface area contributed by atoms with Crippen molar-refractivity contribution in [2.45, 2.75) is 12.8 Å². The molecule has 0 saturated carbocycles. The highest BCUT2D eigenvalue weighted by Crippen LogP contribution is 2.14. The molecule has 1 aromatic carbocycles. The largest absolute Gasteiger partial charge is 0.360 e. The second kappa shape index (κ2) is 8.72. The normalized spacial score (nSPS) is 15.6. The zero-order chi connectivity index (χ0) is 18.2. The van der Waals surface area contributed by atoms with E-state index in [0.717, 1.165) is 5.69 Å². The van der Waals surface area contributed by atoms with E-state index >= 15 is 0 Å². The maximum Gasteiger partial charge on any atom is 0.253 e. The van der Waals surface area contributed by atoms with Crippen LogP contribution in [0.3, 0.4) is 0 Å². The van der Waals surface area contributed by atoms with Gasteiger partial charge in [0.15, 0.2) is 0 Å². The number of anilines is 1. The predicted octanol–water partition coefficient (Wildman–Crippen LogP) is 1.86. The fourth-order valence-corrected chi connectivity index (χ4v) is 2.41. The maximum atomic E-state index is 12.6. The van der Waals surface area contributed by atoms with Crippen LogP contribution in [0.2, 0.25) is 0 Å². The number of aldehydes is 1. The number of hydrogen-bond acceptors (Lipinski definition) is 6. The molecule has 1 saturated heterocycles. The van der Waals surface area contributed by atoms with Crippen molar-refractivity contribution < 1.29 is 14.4 Å². The van der Waals surface area contributed by atoms with E-state index in [0.29, 0.717) is 43.6 Å². The van der Waals surface area contributed by atoms with Gasteiger partial charge in [0.1, 0.15) is 6.29 Å². The van der Waals surface area contributed by atoms with E-state index in [9.17, 15) is 14.4 Å². The quantitative estimate of drug-likeness (QED) is 0.607. The van der Waals surface area contributed by atoms with Crippen molar-refractivity contribution in [2.75, 3.05) is 32.0 Å². The van der Waals surface area contributed by atoms with Gasteiger partial charge in [-0.2, -0.15) is 5.11 Å². The summed E-state index contributed by atoms with van der Waals surface area (Å²) in [5, 5.41) is 6.18. The summed E-state index contributed by atoms with van der Waals surface area (Å²) < 4.78 is 0. The molecular formula is C17H21N5O3. The number of amides is 2. The van der Waals surface area contributed by atoms with Crippen LogP contribution >= 0.6 is 0 Å². The van der Waals surface area contributed by atoms with Crippen molar-refractivity contribution in [1.82, 2.24) is 9.80 Å². The van der Waals surface area contributed by atoms with E-state index in [4.69, 9.17) is 5.53 Å². The van der Waals surface area contributed by atoms with Gasteiger partial charge in [-0.1, -0.05) is 0 Å². The van der Waals surface area contributed by atoms with Gasteiger partial charge in [-0.25, -0.2) is 5.53 Å².